The monoisotopic (exact) mass is 544 g/mol. The van der Waals surface area contributed by atoms with E-state index in [9.17, 15) is 18.8 Å². The molecule has 0 aliphatic carbocycles. The molecule has 1 atom stereocenters. The molecular formula is C26H30ClFN6O4. The van der Waals surface area contributed by atoms with Gasteiger partial charge in [-0.2, -0.15) is 0 Å². The molecule has 0 fully saturated rings. The van der Waals surface area contributed by atoms with Crippen LogP contribution in [-0.2, 0) is 20.9 Å². The van der Waals surface area contributed by atoms with Crippen LogP contribution in [0.1, 0.15) is 25.3 Å². The Balaban J connectivity index is 1.66. The quantitative estimate of drug-likeness (QED) is 0.202. The summed E-state index contributed by atoms with van der Waals surface area (Å²) < 4.78 is 19.3. The molecule has 1 aromatic heterocycles. The van der Waals surface area contributed by atoms with Crippen molar-refractivity contribution in [2.24, 2.45) is 5.73 Å². The van der Waals surface area contributed by atoms with Crippen LogP contribution in [0.15, 0.2) is 54.7 Å². The molecule has 3 amide bonds. The van der Waals surface area contributed by atoms with Gasteiger partial charge < -0.3 is 15.8 Å². The summed E-state index contributed by atoms with van der Waals surface area (Å²) in [6.07, 6.45) is 1.74. The number of aromatic nitrogens is 1. The van der Waals surface area contributed by atoms with Gasteiger partial charge in [-0.25, -0.2) is 19.6 Å². The normalized spacial score (nSPS) is 11.6. The highest BCUT2D eigenvalue weighted by molar-refractivity contribution is 6.31. The number of anilines is 1. The van der Waals surface area contributed by atoms with E-state index in [2.05, 4.69) is 21.0 Å². The number of carbonyl (C=O) groups is 3. The first-order valence-corrected chi connectivity index (χ1v) is 12.4. The van der Waals surface area contributed by atoms with E-state index < -0.39 is 18.0 Å². The number of hydrazine groups is 1. The fraction of sp³-hybridized carbons (Fsp3) is 0.308. The lowest BCUT2D eigenvalue weighted by Gasteiger charge is -2.31. The SMILES string of the molecule is CC(=O)N(NCc1cccc(F)c1Cl)[C@@H](CCCNC(=O)CN)COC(=O)Nc1cc2ccccc2cn1. The minimum absolute atomic E-state index is 0.0527. The lowest BCUT2D eigenvalue weighted by molar-refractivity contribution is -0.136. The second-order valence-corrected chi connectivity index (χ2v) is 8.81. The predicted octanol–water partition coefficient (Wildman–Crippen LogP) is 3.35. The fourth-order valence-corrected chi connectivity index (χ4v) is 3.93. The van der Waals surface area contributed by atoms with Gasteiger partial charge in [0.25, 0.3) is 0 Å². The van der Waals surface area contributed by atoms with Gasteiger partial charge in [-0.05, 0) is 35.9 Å². The Hall–Kier alpha value is -3.80. The molecule has 0 saturated heterocycles. The smallest absolute Gasteiger partial charge is 0.412 e. The molecule has 0 saturated carbocycles. The van der Waals surface area contributed by atoms with Crippen molar-refractivity contribution in [1.29, 1.82) is 0 Å². The molecule has 2 aromatic carbocycles. The van der Waals surface area contributed by atoms with Crippen molar-refractivity contribution in [1.82, 2.24) is 20.7 Å². The highest BCUT2D eigenvalue weighted by Gasteiger charge is 2.23. The van der Waals surface area contributed by atoms with Crippen LogP contribution in [0.5, 0.6) is 0 Å². The summed E-state index contributed by atoms with van der Waals surface area (Å²) in [5, 5.41) is 8.34. The molecule has 0 unspecified atom stereocenters. The van der Waals surface area contributed by atoms with Crippen molar-refractivity contribution in [3.05, 3.63) is 71.1 Å². The summed E-state index contributed by atoms with van der Waals surface area (Å²) >= 11 is 6.05. The number of pyridine rings is 1. The van der Waals surface area contributed by atoms with Crippen LogP contribution in [-0.4, -0.2) is 53.6 Å². The summed E-state index contributed by atoms with van der Waals surface area (Å²) in [7, 11) is 0. The molecule has 38 heavy (non-hydrogen) atoms. The zero-order valence-corrected chi connectivity index (χ0v) is 21.6. The summed E-state index contributed by atoms with van der Waals surface area (Å²) in [5.41, 5.74) is 8.72. The first-order chi connectivity index (χ1) is 18.3. The van der Waals surface area contributed by atoms with E-state index in [1.54, 1.807) is 18.3 Å². The van der Waals surface area contributed by atoms with Crippen LogP contribution in [0.25, 0.3) is 10.8 Å². The van der Waals surface area contributed by atoms with Gasteiger partial charge in [-0.3, -0.25) is 19.9 Å². The predicted molar refractivity (Wildman–Crippen MR) is 143 cm³/mol. The van der Waals surface area contributed by atoms with Crippen LogP contribution in [0.2, 0.25) is 5.02 Å². The molecule has 10 nitrogen and oxygen atoms in total. The van der Waals surface area contributed by atoms with Gasteiger partial charge in [0.05, 0.1) is 17.6 Å². The number of hydrogen-bond acceptors (Lipinski definition) is 7. The molecule has 1 heterocycles. The Bertz CT molecular complexity index is 1280. The molecule has 0 bridgehead atoms. The second kappa shape index (κ2) is 14.2. The van der Waals surface area contributed by atoms with Gasteiger partial charge in [0.2, 0.25) is 11.8 Å². The minimum Gasteiger partial charge on any atom is -0.447 e. The van der Waals surface area contributed by atoms with Crippen molar-refractivity contribution < 1.29 is 23.5 Å². The first kappa shape index (κ1) is 28.8. The number of nitrogens with zero attached hydrogens (tertiary/aromatic N) is 2. The number of nitrogens with two attached hydrogens (primary N) is 1. The zero-order valence-electron chi connectivity index (χ0n) is 20.9. The third-order valence-corrected chi connectivity index (χ3v) is 6.09. The molecule has 202 valence electrons. The average molecular weight is 545 g/mol. The number of fused-ring (bicyclic) bond motifs is 1. The Labute approximate surface area is 224 Å². The minimum atomic E-state index is -0.745. The van der Waals surface area contributed by atoms with E-state index in [4.69, 9.17) is 22.1 Å². The van der Waals surface area contributed by atoms with Gasteiger partial charge in [0.1, 0.15) is 18.2 Å². The average Bonchev–Trinajstić information content (AvgIpc) is 2.91. The lowest BCUT2D eigenvalue weighted by Crippen LogP contribution is -2.50. The summed E-state index contributed by atoms with van der Waals surface area (Å²) in [5.74, 6) is -0.914. The van der Waals surface area contributed by atoms with E-state index in [1.807, 2.05) is 24.3 Å². The molecule has 3 aromatic rings. The van der Waals surface area contributed by atoms with Crippen molar-refractivity contribution in [3.8, 4) is 0 Å². The summed E-state index contributed by atoms with van der Waals surface area (Å²) in [4.78, 5) is 40.7. The Morgan fingerprint density at radius 1 is 1.16 bits per heavy atom. The lowest BCUT2D eigenvalue weighted by atomic mass is 10.1. The number of rotatable bonds is 12. The summed E-state index contributed by atoms with van der Waals surface area (Å²) in [6.45, 7) is 1.44. The van der Waals surface area contributed by atoms with E-state index in [1.165, 1.54) is 24.1 Å². The second-order valence-electron chi connectivity index (χ2n) is 8.43. The Morgan fingerprint density at radius 2 is 1.92 bits per heavy atom. The maximum Gasteiger partial charge on any atom is 0.412 e. The standard InChI is InChI=1S/C26H30ClFN6O4/c1-17(35)34(32-15-20-8-4-10-22(28)25(20)27)21(9-5-11-30-24(36)13-29)16-38-26(37)33-23-12-18-6-2-3-7-19(18)14-31-23/h2-4,6-8,10,12,14,21,32H,5,9,11,13,15-16,29H2,1H3,(H,30,36)(H,31,33,37)/t21-/m0/s1. The Kier molecular flexibility index (Phi) is 10.8. The topological polar surface area (TPSA) is 139 Å². The number of halogens is 2. The molecule has 5 N–H and O–H groups in total. The third kappa shape index (κ3) is 8.37. The number of nitrogens with one attached hydrogen (secondary N) is 3. The van der Waals surface area contributed by atoms with Gasteiger partial charge in [0, 0.05) is 31.6 Å². The largest absolute Gasteiger partial charge is 0.447 e. The number of amides is 3. The van der Waals surface area contributed by atoms with Crippen LogP contribution < -0.4 is 21.8 Å². The van der Waals surface area contributed by atoms with E-state index >= 15 is 0 Å². The molecule has 0 radical (unpaired) electrons. The zero-order chi connectivity index (χ0) is 27.5. The number of hydrogen-bond donors (Lipinski definition) is 4. The van der Waals surface area contributed by atoms with E-state index in [0.717, 1.165) is 10.8 Å². The van der Waals surface area contributed by atoms with Gasteiger partial charge in [0.15, 0.2) is 0 Å². The van der Waals surface area contributed by atoms with Crippen LogP contribution >= 0.6 is 11.6 Å². The number of carbonyl (C=O) groups excluding carboxylic acids is 3. The first-order valence-electron chi connectivity index (χ1n) is 12.0. The van der Waals surface area contributed by atoms with Crippen LogP contribution in [0, 0.1) is 5.82 Å². The number of benzene rings is 2. The van der Waals surface area contributed by atoms with Crippen molar-refractivity contribution in [2.45, 2.75) is 32.4 Å². The van der Waals surface area contributed by atoms with Crippen LogP contribution in [0.3, 0.4) is 0 Å². The van der Waals surface area contributed by atoms with E-state index in [0.29, 0.717) is 30.8 Å². The molecule has 0 spiro atoms. The van der Waals surface area contributed by atoms with E-state index in [-0.39, 0.29) is 36.5 Å². The molecular weight excluding hydrogens is 515 g/mol. The molecule has 0 aliphatic heterocycles. The van der Waals surface area contributed by atoms with Gasteiger partial charge in [-0.1, -0.05) is 48.0 Å². The highest BCUT2D eigenvalue weighted by atomic mass is 35.5. The maximum atomic E-state index is 13.8. The van der Waals surface area contributed by atoms with Crippen molar-refractivity contribution >= 4 is 46.1 Å². The molecule has 12 heteroatoms. The molecule has 0 aliphatic rings. The summed E-state index contributed by atoms with van der Waals surface area (Å²) in [6, 6.07) is 13.1. The number of ether oxygens (including phenoxy) is 1. The van der Waals surface area contributed by atoms with Crippen molar-refractivity contribution in [2.75, 3.05) is 25.0 Å². The third-order valence-electron chi connectivity index (χ3n) is 5.67. The molecule has 3 rings (SSSR count). The maximum absolute atomic E-state index is 13.8. The highest BCUT2D eigenvalue weighted by Crippen LogP contribution is 2.20. The van der Waals surface area contributed by atoms with Gasteiger partial charge >= 0.3 is 6.09 Å². The fourth-order valence-electron chi connectivity index (χ4n) is 3.74. The van der Waals surface area contributed by atoms with Crippen LogP contribution in [0.4, 0.5) is 15.0 Å². The Morgan fingerprint density at radius 3 is 2.66 bits per heavy atom. The van der Waals surface area contributed by atoms with Gasteiger partial charge in [-0.15, -0.1) is 0 Å². The van der Waals surface area contributed by atoms with Crippen molar-refractivity contribution in [3.63, 3.8) is 0 Å².